The van der Waals surface area contributed by atoms with E-state index in [0.717, 1.165) is 28.0 Å². The number of nitrogens with zero attached hydrogens (tertiary/aromatic N) is 3. The first-order valence-corrected chi connectivity index (χ1v) is 10.1. The molecule has 0 saturated carbocycles. The van der Waals surface area contributed by atoms with E-state index in [1.54, 1.807) is 16.9 Å². The molecule has 1 heterocycles. The van der Waals surface area contributed by atoms with Gasteiger partial charge in [0.25, 0.3) is 5.91 Å². The van der Waals surface area contributed by atoms with Crippen LogP contribution in [0, 0.1) is 13.8 Å². The van der Waals surface area contributed by atoms with E-state index in [-0.39, 0.29) is 11.0 Å². The maximum Gasteiger partial charge on any atom is 0.261 e. The van der Waals surface area contributed by atoms with Crippen LogP contribution < -0.4 is 15.4 Å². The number of benzene rings is 3. The molecule has 0 unspecified atom stereocenters. The predicted octanol–water partition coefficient (Wildman–Crippen LogP) is 4.17. The van der Waals surface area contributed by atoms with Crippen molar-refractivity contribution in [1.29, 1.82) is 0 Å². The fraction of sp³-hybridized carbons (Fsp3) is 0.130. The molecule has 4 rings (SSSR count). The minimum atomic E-state index is -0.341. The third kappa shape index (κ3) is 4.24. The average molecular weight is 432 g/mol. The number of hydrogen-bond acceptors (Lipinski definition) is 5. The standard InChI is InChI=1S/C23H21N5O2S/c1-14-8-7-11-17(21(14)30-3)22(29)25-23(31)24-18-13-20-19(12-15(18)2)26-28(27-20)16-9-5-4-6-10-16/h4-13H,1-3H3,(H2,24,25,29,31). The Morgan fingerprint density at radius 3 is 2.39 bits per heavy atom. The van der Waals surface area contributed by atoms with E-state index < -0.39 is 0 Å². The molecule has 156 valence electrons. The van der Waals surface area contributed by atoms with Crippen LogP contribution in [0.2, 0.25) is 0 Å². The molecule has 1 amide bonds. The summed E-state index contributed by atoms with van der Waals surface area (Å²) in [5, 5.41) is 15.1. The van der Waals surface area contributed by atoms with Crippen molar-refractivity contribution in [3.63, 3.8) is 0 Å². The Labute approximate surface area is 185 Å². The molecule has 0 bridgehead atoms. The minimum absolute atomic E-state index is 0.187. The Bertz CT molecular complexity index is 1280. The molecule has 0 spiro atoms. The van der Waals surface area contributed by atoms with Crippen LogP contribution in [0.25, 0.3) is 16.7 Å². The van der Waals surface area contributed by atoms with Gasteiger partial charge in [0, 0.05) is 5.69 Å². The highest BCUT2D eigenvalue weighted by atomic mass is 32.1. The van der Waals surface area contributed by atoms with Crippen LogP contribution in [0.5, 0.6) is 5.75 Å². The lowest BCUT2D eigenvalue weighted by Gasteiger charge is -2.14. The largest absolute Gasteiger partial charge is 0.496 e. The third-order valence-corrected chi connectivity index (χ3v) is 5.05. The Morgan fingerprint density at radius 2 is 1.68 bits per heavy atom. The van der Waals surface area contributed by atoms with Crippen LogP contribution in [-0.4, -0.2) is 33.1 Å². The molecule has 31 heavy (non-hydrogen) atoms. The van der Waals surface area contributed by atoms with Gasteiger partial charge in [0.1, 0.15) is 16.8 Å². The molecular weight excluding hydrogens is 410 g/mol. The van der Waals surface area contributed by atoms with Crippen molar-refractivity contribution in [1.82, 2.24) is 20.3 Å². The highest BCUT2D eigenvalue weighted by molar-refractivity contribution is 7.80. The monoisotopic (exact) mass is 431 g/mol. The lowest BCUT2D eigenvalue weighted by atomic mass is 10.1. The lowest BCUT2D eigenvalue weighted by molar-refractivity contribution is 0.0974. The van der Waals surface area contributed by atoms with Crippen LogP contribution in [0.15, 0.2) is 60.7 Å². The summed E-state index contributed by atoms with van der Waals surface area (Å²) in [6, 6.07) is 18.9. The summed E-state index contributed by atoms with van der Waals surface area (Å²) in [5.41, 5.74) is 5.33. The van der Waals surface area contributed by atoms with Gasteiger partial charge >= 0.3 is 0 Å². The van der Waals surface area contributed by atoms with Gasteiger partial charge in [-0.1, -0.05) is 30.3 Å². The van der Waals surface area contributed by atoms with Crippen molar-refractivity contribution < 1.29 is 9.53 Å². The number of carbonyl (C=O) groups excluding carboxylic acids is 1. The lowest BCUT2D eigenvalue weighted by Crippen LogP contribution is -2.34. The fourth-order valence-corrected chi connectivity index (χ4v) is 3.51. The van der Waals surface area contributed by atoms with E-state index in [1.807, 2.05) is 62.4 Å². The Morgan fingerprint density at radius 1 is 0.968 bits per heavy atom. The summed E-state index contributed by atoms with van der Waals surface area (Å²) >= 11 is 5.36. The van der Waals surface area contributed by atoms with Gasteiger partial charge in [-0.25, -0.2) is 0 Å². The zero-order valence-electron chi connectivity index (χ0n) is 17.3. The first kappa shape index (κ1) is 20.5. The van der Waals surface area contributed by atoms with Crippen molar-refractivity contribution in [2.24, 2.45) is 0 Å². The molecule has 0 aliphatic heterocycles. The first-order valence-electron chi connectivity index (χ1n) is 9.65. The van der Waals surface area contributed by atoms with E-state index in [0.29, 0.717) is 16.8 Å². The molecule has 0 radical (unpaired) electrons. The quantitative estimate of drug-likeness (QED) is 0.472. The van der Waals surface area contributed by atoms with Crippen molar-refractivity contribution >= 4 is 40.0 Å². The summed E-state index contributed by atoms with van der Waals surface area (Å²) in [4.78, 5) is 14.3. The van der Waals surface area contributed by atoms with Gasteiger partial charge in [0.05, 0.1) is 18.4 Å². The van der Waals surface area contributed by atoms with Crippen molar-refractivity contribution in [3.8, 4) is 11.4 Å². The van der Waals surface area contributed by atoms with E-state index in [9.17, 15) is 4.79 Å². The summed E-state index contributed by atoms with van der Waals surface area (Å²) in [5.74, 6) is 0.185. The number of carbonyl (C=O) groups is 1. The SMILES string of the molecule is COc1c(C)cccc1C(=O)NC(=S)Nc1cc2nn(-c3ccccc3)nc2cc1C. The summed E-state index contributed by atoms with van der Waals surface area (Å²) < 4.78 is 5.36. The molecule has 0 atom stereocenters. The van der Waals surface area contributed by atoms with Gasteiger partial charge in [0.15, 0.2) is 5.11 Å². The summed E-state index contributed by atoms with van der Waals surface area (Å²) in [6.45, 7) is 3.82. The van der Waals surface area contributed by atoms with Crippen molar-refractivity contribution in [2.75, 3.05) is 12.4 Å². The molecule has 7 nitrogen and oxygen atoms in total. The number of methoxy groups -OCH3 is 1. The van der Waals surface area contributed by atoms with Crippen LogP contribution in [-0.2, 0) is 0 Å². The first-order chi connectivity index (χ1) is 15.0. The van der Waals surface area contributed by atoms with E-state index in [4.69, 9.17) is 17.0 Å². The highest BCUT2D eigenvalue weighted by Gasteiger charge is 2.16. The maximum atomic E-state index is 12.7. The average Bonchev–Trinajstić information content (AvgIpc) is 3.17. The van der Waals surface area contributed by atoms with Crippen molar-refractivity contribution in [3.05, 3.63) is 77.4 Å². The molecule has 4 aromatic rings. The number of aromatic nitrogens is 3. The predicted molar refractivity (Wildman–Crippen MR) is 125 cm³/mol. The number of fused-ring (bicyclic) bond motifs is 1. The smallest absolute Gasteiger partial charge is 0.261 e. The second-order valence-corrected chi connectivity index (χ2v) is 7.45. The number of rotatable bonds is 4. The zero-order chi connectivity index (χ0) is 22.0. The number of amides is 1. The van der Waals surface area contributed by atoms with Crippen molar-refractivity contribution in [2.45, 2.75) is 13.8 Å². The van der Waals surface area contributed by atoms with Crippen LogP contribution in [0.4, 0.5) is 5.69 Å². The van der Waals surface area contributed by atoms with Crippen LogP contribution in [0.1, 0.15) is 21.5 Å². The molecule has 0 fully saturated rings. The van der Waals surface area contributed by atoms with Crippen LogP contribution in [0.3, 0.4) is 0 Å². The van der Waals surface area contributed by atoms with E-state index in [2.05, 4.69) is 20.8 Å². The topological polar surface area (TPSA) is 81.1 Å². The Kier molecular flexibility index (Phi) is 5.64. The third-order valence-electron chi connectivity index (χ3n) is 4.85. The highest BCUT2D eigenvalue weighted by Crippen LogP contribution is 2.24. The zero-order valence-corrected chi connectivity index (χ0v) is 18.2. The number of hydrogen-bond donors (Lipinski definition) is 2. The number of anilines is 1. The minimum Gasteiger partial charge on any atom is -0.496 e. The number of nitrogens with one attached hydrogen (secondary N) is 2. The number of aryl methyl sites for hydroxylation is 2. The molecule has 8 heteroatoms. The fourth-order valence-electron chi connectivity index (χ4n) is 3.31. The second-order valence-electron chi connectivity index (χ2n) is 7.04. The Balaban J connectivity index is 1.54. The maximum absolute atomic E-state index is 12.7. The van der Waals surface area contributed by atoms with E-state index in [1.165, 1.54) is 7.11 Å². The number of para-hydroxylation sites is 2. The molecule has 3 aromatic carbocycles. The van der Waals surface area contributed by atoms with Gasteiger partial charge in [-0.05, 0) is 67.5 Å². The molecular formula is C23H21N5O2S. The summed E-state index contributed by atoms with van der Waals surface area (Å²) in [7, 11) is 1.54. The van der Waals surface area contributed by atoms with Gasteiger partial charge in [-0.2, -0.15) is 4.80 Å². The Hall–Kier alpha value is -3.78. The van der Waals surface area contributed by atoms with Gasteiger partial charge in [-0.3, -0.25) is 10.1 Å². The van der Waals surface area contributed by atoms with Crippen LogP contribution >= 0.6 is 12.2 Å². The normalized spacial score (nSPS) is 10.7. The molecule has 0 saturated heterocycles. The molecule has 2 N–H and O–H groups in total. The second kappa shape index (κ2) is 8.53. The van der Waals surface area contributed by atoms with Gasteiger partial charge in [-0.15, -0.1) is 10.2 Å². The van der Waals surface area contributed by atoms with Gasteiger partial charge < -0.3 is 10.1 Å². The molecule has 0 aliphatic rings. The number of ether oxygens (including phenoxy) is 1. The van der Waals surface area contributed by atoms with Gasteiger partial charge in [0.2, 0.25) is 0 Å². The van der Waals surface area contributed by atoms with E-state index >= 15 is 0 Å². The number of thiocarbonyl (C=S) groups is 1. The molecule has 1 aromatic heterocycles. The molecule has 0 aliphatic carbocycles. The summed E-state index contributed by atoms with van der Waals surface area (Å²) in [6.07, 6.45) is 0.